The molecule has 0 atom stereocenters. The summed E-state index contributed by atoms with van der Waals surface area (Å²) in [5.41, 5.74) is 1.17. The molecule has 0 amide bonds. The Labute approximate surface area is 131 Å². The van der Waals surface area contributed by atoms with E-state index < -0.39 is 0 Å². The van der Waals surface area contributed by atoms with Gasteiger partial charge < -0.3 is 14.5 Å². The summed E-state index contributed by atoms with van der Waals surface area (Å²) in [5, 5.41) is 3.47. The predicted molar refractivity (Wildman–Crippen MR) is 81.7 cm³/mol. The maximum atomic E-state index is 13.1. The van der Waals surface area contributed by atoms with Crippen LogP contribution in [0.1, 0.15) is 29.9 Å². The van der Waals surface area contributed by atoms with Gasteiger partial charge in [0.1, 0.15) is 29.7 Å². The van der Waals surface area contributed by atoms with E-state index >= 15 is 0 Å². The highest BCUT2D eigenvalue weighted by molar-refractivity contribution is 9.10. The Hall–Kier alpha value is -1.33. The van der Waals surface area contributed by atoms with E-state index in [1.807, 2.05) is 13.0 Å². The molecule has 0 radical (unpaired) electrons. The zero-order chi connectivity index (χ0) is 14.8. The lowest BCUT2D eigenvalue weighted by molar-refractivity contribution is 0.267. The van der Waals surface area contributed by atoms with Crippen molar-refractivity contribution in [3.63, 3.8) is 0 Å². The summed E-state index contributed by atoms with van der Waals surface area (Å²) >= 11 is 3.14. The Bertz CT molecular complexity index is 637. The second-order valence-corrected chi connectivity index (χ2v) is 6.17. The molecule has 0 aliphatic heterocycles. The molecule has 112 valence electrons. The number of hydrogen-bond donors (Lipinski definition) is 1. The number of nitrogens with one attached hydrogen (secondary N) is 1. The maximum absolute atomic E-state index is 13.1. The highest BCUT2D eigenvalue weighted by Crippen LogP contribution is 2.24. The van der Waals surface area contributed by atoms with Crippen molar-refractivity contribution in [1.82, 2.24) is 5.32 Å². The SMILES string of the molecule is Cc1oc(COc2ccc(F)c(Br)c2)cc1CNC1CC1. The minimum atomic E-state index is -0.301. The molecule has 21 heavy (non-hydrogen) atoms. The third kappa shape index (κ3) is 3.86. The van der Waals surface area contributed by atoms with Gasteiger partial charge in [0.15, 0.2) is 0 Å². The van der Waals surface area contributed by atoms with Crippen LogP contribution in [0.3, 0.4) is 0 Å². The first-order valence-corrected chi connectivity index (χ1v) is 7.80. The molecular formula is C16H17BrFNO2. The van der Waals surface area contributed by atoms with E-state index in [9.17, 15) is 4.39 Å². The fourth-order valence-corrected chi connectivity index (χ4v) is 2.45. The van der Waals surface area contributed by atoms with Crippen molar-refractivity contribution in [2.45, 2.75) is 39.0 Å². The first kappa shape index (κ1) is 14.6. The number of benzene rings is 1. The van der Waals surface area contributed by atoms with Gasteiger partial charge in [-0.25, -0.2) is 4.39 Å². The standard InChI is InChI=1S/C16H17BrFNO2/c1-10-11(8-19-12-2-3-12)6-14(21-10)9-20-13-4-5-16(18)15(17)7-13/h4-7,12,19H,2-3,8-9H2,1H3. The summed E-state index contributed by atoms with van der Waals surface area (Å²) in [6.45, 7) is 3.13. The number of ether oxygens (including phenoxy) is 1. The summed E-state index contributed by atoms with van der Waals surface area (Å²) < 4.78 is 24.9. The van der Waals surface area contributed by atoms with E-state index in [0.717, 1.165) is 18.1 Å². The van der Waals surface area contributed by atoms with E-state index in [0.29, 0.717) is 22.9 Å². The summed E-state index contributed by atoms with van der Waals surface area (Å²) in [7, 11) is 0. The minimum absolute atomic E-state index is 0.301. The van der Waals surface area contributed by atoms with Crippen LogP contribution in [-0.2, 0) is 13.2 Å². The summed E-state index contributed by atoms with van der Waals surface area (Å²) in [4.78, 5) is 0. The molecular weight excluding hydrogens is 337 g/mol. The number of halogens is 2. The van der Waals surface area contributed by atoms with E-state index in [4.69, 9.17) is 9.15 Å². The first-order chi connectivity index (χ1) is 10.1. The second-order valence-electron chi connectivity index (χ2n) is 5.31. The average molecular weight is 354 g/mol. The average Bonchev–Trinajstić information content (AvgIpc) is 3.22. The fourth-order valence-electron chi connectivity index (χ4n) is 2.10. The maximum Gasteiger partial charge on any atom is 0.146 e. The molecule has 0 bridgehead atoms. The summed E-state index contributed by atoms with van der Waals surface area (Å²) in [6, 6.07) is 7.28. The monoisotopic (exact) mass is 353 g/mol. The van der Waals surface area contributed by atoms with Gasteiger partial charge in [0.2, 0.25) is 0 Å². The Balaban J connectivity index is 1.59. The van der Waals surface area contributed by atoms with Crippen LogP contribution in [0.5, 0.6) is 5.75 Å². The second kappa shape index (κ2) is 6.20. The lowest BCUT2D eigenvalue weighted by atomic mass is 10.2. The Kier molecular flexibility index (Phi) is 4.31. The molecule has 2 aromatic rings. The van der Waals surface area contributed by atoms with Crippen LogP contribution < -0.4 is 10.1 Å². The predicted octanol–water partition coefficient (Wildman–Crippen LogP) is 4.32. The van der Waals surface area contributed by atoms with Crippen LogP contribution in [0.15, 0.2) is 33.2 Å². The molecule has 1 aliphatic carbocycles. The quantitative estimate of drug-likeness (QED) is 0.839. The smallest absolute Gasteiger partial charge is 0.146 e. The van der Waals surface area contributed by atoms with Crippen LogP contribution in [-0.4, -0.2) is 6.04 Å². The Morgan fingerprint density at radius 3 is 2.90 bits per heavy atom. The number of aryl methyl sites for hydroxylation is 1. The third-order valence-electron chi connectivity index (χ3n) is 3.50. The van der Waals surface area contributed by atoms with Crippen LogP contribution in [0.2, 0.25) is 0 Å². The van der Waals surface area contributed by atoms with E-state index in [2.05, 4.69) is 21.2 Å². The molecule has 1 saturated carbocycles. The van der Waals surface area contributed by atoms with E-state index in [1.165, 1.54) is 24.5 Å². The molecule has 1 heterocycles. The van der Waals surface area contributed by atoms with Gasteiger partial charge in [-0.15, -0.1) is 0 Å². The first-order valence-electron chi connectivity index (χ1n) is 7.01. The van der Waals surface area contributed by atoms with Crippen molar-refractivity contribution in [3.05, 3.63) is 51.6 Å². The van der Waals surface area contributed by atoms with Gasteiger partial charge in [-0.05, 0) is 60.0 Å². The molecule has 0 unspecified atom stereocenters. The highest BCUT2D eigenvalue weighted by Gasteiger charge is 2.21. The van der Waals surface area contributed by atoms with Gasteiger partial charge in [-0.2, -0.15) is 0 Å². The minimum Gasteiger partial charge on any atom is -0.486 e. The summed E-state index contributed by atoms with van der Waals surface area (Å²) in [5.74, 6) is 2.00. The largest absolute Gasteiger partial charge is 0.486 e. The van der Waals surface area contributed by atoms with Gasteiger partial charge in [-0.3, -0.25) is 0 Å². The Morgan fingerprint density at radius 2 is 2.19 bits per heavy atom. The summed E-state index contributed by atoms with van der Waals surface area (Å²) in [6.07, 6.45) is 2.54. The Morgan fingerprint density at radius 1 is 1.38 bits per heavy atom. The van der Waals surface area contributed by atoms with Gasteiger partial charge in [-0.1, -0.05) is 0 Å². The molecule has 1 N–H and O–H groups in total. The van der Waals surface area contributed by atoms with Crippen LogP contribution in [0.25, 0.3) is 0 Å². The lowest BCUT2D eigenvalue weighted by Crippen LogP contribution is -2.15. The number of hydrogen-bond acceptors (Lipinski definition) is 3. The third-order valence-corrected chi connectivity index (χ3v) is 4.11. The van der Waals surface area contributed by atoms with Crippen molar-refractivity contribution < 1.29 is 13.5 Å². The zero-order valence-electron chi connectivity index (χ0n) is 11.8. The molecule has 1 fully saturated rings. The van der Waals surface area contributed by atoms with Crippen molar-refractivity contribution in [3.8, 4) is 5.75 Å². The molecule has 0 saturated heterocycles. The van der Waals surface area contributed by atoms with Crippen molar-refractivity contribution in [2.75, 3.05) is 0 Å². The molecule has 1 aliphatic rings. The molecule has 5 heteroatoms. The lowest BCUT2D eigenvalue weighted by Gasteiger charge is -2.04. The van der Waals surface area contributed by atoms with Gasteiger partial charge >= 0.3 is 0 Å². The fraction of sp³-hybridized carbons (Fsp3) is 0.375. The molecule has 1 aromatic heterocycles. The van der Waals surface area contributed by atoms with E-state index in [-0.39, 0.29) is 5.82 Å². The zero-order valence-corrected chi connectivity index (χ0v) is 13.4. The van der Waals surface area contributed by atoms with Crippen LogP contribution in [0, 0.1) is 12.7 Å². The molecule has 0 spiro atoms. The van der Waals surface area contributed by atoms with Crippen molar-refractivity contribution in [1.29, 1.82) is 0 Å². The van der Waals surface area contributed by atoms with Gasteiger partial charge in [0.25, 0.3) is 0 Å². The number of furan rings is 1. The normalized spacial score (nSPS) is 14.4. The number of rotatable bonds is 6. The van der Waals surface area contributed by atoms with Crippen LogP contribution >= 0.6 is 15.9 Å². The van der Waals surface area contributed by atoms with Crippen molar-refractivity contribution in [2.24, 2.45) is 0 Å². The molecule has 3 rings (SSSR count). The topological polar surface area (TPSA) is 34.4 Å². The highest BCUT2D eigenvalue weighted by atomic mass is 79.9. The molecule has 3 nitrogen and oxygen atoms in total. The van der Waals surface area contributed by atoms with Crippen molar-refractivity contribution >= 4 is 15.9 Å². The molecule has 1 aromatic carbocycles. The van der Waals surface area contributed by atoms with E-state index in [1.54, 1.807) is 12.1 Å². The van der Waals surface area contributed by atoms with Gasteiger partial charge in [0.05, 0.1) is 4.47 Å². The van der Waals surface area contributed by atoms with Crippen LogP contribution in [0.4, 0.5) is 4.39 Å². The van der Waals surface area contributed by atoms with Gasteiger partial charge in [0, 0.05) is 18.2 Å².